The summed E-state index contributed by atoms with van der Waals surface area (Å²) in [4.78, 5) is 28.4. The molecule has 1 atom stereocenters. The van der Waals surface area contributed by atoms with E-state index in [4.69, 9.17) is 4.74 Å². The number of carbonyl (C=O) groups is 2. The first-order valence-corrected chi connectivity index (χ1v) is 9.33. The largest absolute Gasteiger partial charge is 0.476 e. The second kappa shape index (κ2) is 8.46. The smallest absolute Gasteiger partial charge is 0.408 e. The topological polar surface area (TPSA) is 93.4 Å². The van der Waals surface area contributed by atoms with Crippen molar-refractivity contribution in [1.29, 1.82) is 0 Å². The maximum Gasteiger partial charge on any atom is 0.408 e. The quantitative estimate of drug-likeness (QED) is 0.776. The Morgan fingerprint density at radius 3 is 2.32 bits per heavy atom. The fraction of sp³-hybridized carbons (Fsp3) is 0.476. The molecule has 152 valence electrons. The van der Waals surface area contributed by atoms with Crippen LogP contribution in [0.2, 0.25) is 0 Å². The van der Waals surface area contributed by atoms with E-state index in [1.165, 1.54) is 0 Å². The Hall–Kier alpha value is -2.83. The number of imidazole rings is 1. The highest BCUT2D eigenvalue weighted by atomic mass is 16.6. The normalized spacial score (nSPS) is 12.7. The average molecular weight is 387 g/mol. The molecule has 7 nitrogen and oxygen atoms in total. The van der Waals surface area contributed by atoms with Crippen molar-refractivity contribution >= 4 is 12.1 Å². The van der Waals surface area contributed by atoms with E-state index < -0.39 is 23.7 Å². The van der Waals surface area contributed by atoms with Gasteiger partial charge in [0.2, 0.25) is 0 Å². The van der Waals surface area contributed by atoms with E-state index >= 15 is 0 Å². The highest BCUT2D eigenvalue weighted by Gasteiger charge is 2.29. The van der Waals surface area contributed by atoms with Gasteiger partial charge in [0.15, 0.2) is 5.69 Å². The van der Waals surface area contributed by atoms with Crippen LogP contribution in [0.15, 0.2) is 30.3 Å². The van der Waals surface area contributed by atoms with Gasteiger partial charge < -0.3 is 19.7 Å². The monoisotopic (exact) mass is 387 g/mol. The number of aromatic nitrogens is 2. The van der Waals surface area contributed by atoms with Gasteiger partial charge in [0.1, 0.15) is 11.4 Å². The zero-order valence-electron chi connectivity index (χ0n) is 17.3. The van der Waals surface area contributed by atoms with E-state index in [0.29, 0.717) is 18.1 Å². The van der Waals surface area contributed by atoms with Crippen LogP contribution in [0.3, 0.4) is 0 Å². The number of nitrogens with zero attached hydrogens (tertiary/aromatic N) is 2. The van der Waals surface area contributed by atoms with E-state index in [1.807, 2.05) is 48.7 Å². The Labute approximate surface area is 165 Å². The summed E-state index contributed by atoms with van der Waals surface area (Å²) in [6, 6.07) is 9.22. The van der Waals surface area contributed by atoms with Gasteiger partial charge in [0, 0.05) is 12.2 Å². The second-order valence-corrected chi connectivity index (χ2v) is 8.15. The molecule has 2 rings (SSSR count). The van der Waals surface area contributed by atoms with E-state index in [0.717, 1.165) is 5.56 Å². The molecule has 7 heteroatoms. The number of hydrogen-bond acceptors (Lipinski definition) is 4. The summed E-state index contributed by atoms with van der Waals surface area (Å²) in [5.41, 5.74) is 0.916. The van der Waals surface area contributed by atoms with Gasteiger partial charge in [-0.3, -0.25) is 0 Å². The van der Waals surface area contributed by atoms with Crippen molar-refractivity contribution in [2.75, 3.05) is 0 Å². The van der Waals surface area contributed by atoms with Crippen molar-refractivity contribution in [3.8, 4) is 0 Å². The van der Waals surface area contributed by atoms with E-state index in [1.54, 1.807) is 27.7 Å². The van der Waals surface area contributed by atoms with Crippen molar-refractivity contribution in [3.63, 3.8) is 0 Å². The predicted octanol–water partition coefficient (Wildman–Crippen LogP) is 4.16. The summed E-state index contributed by atoms with van der Waals surface area (Å²) in [6.45, 7) is 11.5. The molecule has 1 heterocycles. The van der Waals surface area contributed by atoms with Crippen LogP contribution in [-0.2, 0) is 11.3 Å². The molecule has 0 saturated heterocycles. The molecule has 0 aliphatic rings. The summed E-state index contributed by atoms with van der Waals surface area (Å²) in [7, 11) is 0. The Kier molecular flexibility index (Phi) is 6.48. The lowest BCUT2D eigenvalue weighted by Gasteiger charge is -2.26. The minimum absolute atomic E-state index is 0.0115. The lowest BCUT2D eigenvalue weighted by atomic mass is 10.0. The molecule has 1 aromatic heterocycles. The van der Waals surface area contributed by atoms with Crippen LogP contribution >= 0.6 is 0 Å². The number of hydrogen-bond donors (Lipinski definition) is 2. The molecule has 0 bridgehead atoms. The molecule has 1 aromatic carbocycles. The number of benzene rings is 1. The maximum absolute atomic E-state index is 12.4. The van der Waals surface area contributed by atoms with Gasteiger partial charge in [0.05, 0.1) is 6.04 Å². The average Bonchev–Trinajstić information content (AvgIpc) is 2.89. The van der Waals surface area contributed by atoms with Crippen molar-refractivity contribution in [1.82, 2.24) is 14.9 Å². The number of carbonyl (C=O) groups excluding carboxylic acids is 1. The lowest BCUT2D eigenvalue weighted by molar-refractivity contribution is 0.0485. The van der Waals surface area contributed by atoms with Gasteiger partial charge in [-0.2, -0.15) is 0 Å². The summed E-state index contributed by atoms with van der Waals surface area (Å²) in [5.74, 6) is -0.615. The van der Waals surface area contributed by atoms with Crippen LogP contribution in [0.4, 0.5) is 4.79 Å². The highest BCUT2D eigenvalue weighted by Crippen LogP contribution is 2.26. The molecule has 0 fully saturated rings. The fourth-order valence-corrected chi connectivity index (χ4v) is 2.92. The number of alkyl carbamates (subject to hydrolysis) is 1. The van der Waals surface area contributed by atoms with E-state index in [9.17, 15) is 14.7 Å². The molecule has 0 aliphatic heterocycles. The SMILES string of the molecule is Cc1c(C(=O)O)nc([C@@H](NC(=O)OC(C)(C)C)C(C)C)n1Cc1ccccc1. The minimum Gasteiger partial charge on any atom is -0.476 e. The molecule has 0 spiro atoms. The maximum atomic E-state index is 12.4. The molecule has 0 unspecified atom stereocenters. The van der Waals surface area contributed by atoms with Crippen molar-refractivity contribution in [3.05, 3.63) is 53.1 Å². The summed E-state index contributed by atoms with van der Waals surface area (Å²) in [5, 5.41) is 12.4. The Morgan fingerprint density at radius 2 is 1.82 bits per heavy atom. The van der Waals surface area contributed by atoms with Crippen LogP contribution in [0.1, 0.15) is 68.2 Å². The van der Waals surface area contributed by atoms with Crippen LogP contribution < -0.4 is 5.32 Å². The first kappa shape index (κ1) is 21.5. The van der Waals surface area contributed by atoms with Crippen LogP contribution in [0.25, 0.3) is 0 Å². The summed E-state index contributed by atoms with van der Waals surface area (Å²) < 4.78 is 7.23. The van der Waals surface area contributed by atoms with Crippen LogP contribution in [0.5, 0.6) is 0 Å². The number of ether oxygens (including phenoxy) is 1. The first-order chi connectivity index (χ1) is 13.0. The molecule has 0 aliphatic carbocycles. The molecule has 0 radical (unpaired) electrons. The predicted molar refractivity (Wildman–Crippen MR) is 106 cm³/mol. The van der Waals surface area contributed by atoms with Crippen molar-refractivity contribution in [2.45, 2.75) is 59.7 Å². The number of rotatable bonds is 6. The van der Waals surface area contributed by atoms with Gasteiger partial charge in [-0.15, -0.1) is 0 Å². The second-order valence-electron chi connectivity index (χ2n) is 8.15. The van der Waals surface area contributed by atoms with Crippen LogP contribution in [-0.4, -0.2) is 32.3 Å². The molecule has 2 aromatic rings. The molecular weight excluding hydrogens is 358 g/mol. The van der Waals surface area contributed by atoms with Crippen molar-refractivity contribution in [2.24, 2.45) is 5.92 Å². The summed E-state index contributed by atoms with van der Waals surface area (Å²) in [6.07, 6.45) is -0.560. The van der Waals surface area contributed by atoms with Gasteiger partial charge in [0.25, 0.3) is 0 Å². The number of aromatic carboxylic acids is 1. The van der Waals surface area contributed by atoms with Crippen molar-refractivity contribution < 1.29 is 19.4 Å². The van der Waals surface area contributed by atoms with Gasteiger partial charge >= 0.3 is 12.1 Å². The molecule has 1 amide bonds. The third-order valence-corrected chi connectivity index (χ3v) is 4.25. The zero-order valence-corrected chi connectivity index (χ0v) is 17.3. The number of nitrogens with one attached hydrogen (secondary N) is 1. The van der Waals surface area contributed by atoms with Gasteiger partial charge in [-0.05, 0) is 39.2 Å². The Bertz CT molecular complexity index is 835. The summed E-state index contributed by atoms with van der Waals surface area (Å²) >= 11 is 0. The molecular formula is C21H29N3O4. The molecule has 28 heavy (non-hydrogen) atoms. The fourth-order valence-electron chi connectivity index (χ4n) is 2.92. The minimum atomic E-state index is -1.09. The van der Waals surface area contributed by atoms with E-state index in [-0.39, 0.29) is 11.6 Å². The zero-order chi connectivity index (χ0) is 21.1. The lowest BCUT2D eigenvalue weighted by Crippen LogP contribution is -2.38. The van der Waals surface area contributed by atoms with Gasteiger partial charge in [-0.25, -0.2) is 14.6 Å². The number of carboxylic acid groups (broad SMARTS) is 1. The van der Waals surface area contributed by atoms with E-state index in [2.05, 4.69) is 10.3 Å². The van der Waals surface area contributed by atoms with Crippen LogP contribution in [0, 0.1) is 12.8 Å². The Balaban J connectivity index is 2.45. The Morgan fingerprint density at radius 1 is 1.21 bits per heavy atom. The third-order valence-electron chi connectivity index (χ3n) is 4.25. The first-order valence-electron chi connectivity index (χ1n) is 9.33. The highest BCUT2D eigenvalue weighted by molar-refractivity contribution is 5.86. The molecule has 2 N–H and O–H groups in total. The molecule has 0 saturated carbocycles. The number of amides is 1. The third kappa shape index (κ3) is 5.34. The van der Waals surface area contributed by atoms with Gasteiger partial charge in [-0.1, -0.05) is 44.2 Å². The number of carboxylic acids is 1. The standard InChI is InChI=1S/C21H29N3O4/c1-13(2)16(23-20(27)28-21(4,5)6)18-22-17(19(25)26)14(3)24(18)12-15-10-8-7-9-11-15/h7-11,13,16H,12H2,1-6H3,(H,23,27)(H,25,26)/t16-/m0/s1.